The lowest BCUT2D eigenvalue weighted by atomic mass is 9.42. The number of hydrogen-bond donors (Lipinski definition) is 4. The maximum Gasteiger partial charge on any atom is 0.138 e. The second kappa shape index (κ2) is 5.32. The second-order valence-corrected chi connectivity index (χ2v) is 8.83. The summed E-state index contributed by atoms with van der Waals surface area (Å²) >= 11 is 0. The molecule has 4 saturated carbocycles. The average molecular weight is 350 g/mol. The van der Waals surface area contributed by atoms with E-state index in [-0.39, 0.29) is 16.9 Å². The molecule has 3 atom stereocenters. The molecule has 4 bridgehead atoms. The number of benzene rings is 2. The van der Waals surface area contributed by atoms with Crippen LogP contribution in [0, 0.1) is 17.8 Å². The van der Waals surface area contributed by atoms with Crippen LogP contribution in [0.3, 0.4) is 0 Å². The van der Waals surface area contributed by atoms with Crippen LogP contribution >= 0.6 is 0 Å². The molecule has 3 unspecified atom stereocenters. The molecule has 0 saturated heterocycles. The van der Waals surface area contributed by atoms with E-state index in [9.17, 15) is 10.2 Å². The minimum atomic E-state index is 0.0555. The Bertz CT molecular complexity index is 864. The molecule has 4 nitrogen and oxygen atoms in total. The predicted molar refractivity (Wildman–Crippen MR) is 103 cm³/mol. The van der Waals surface area contributed by atoms with E-state index in [1.165, 1.54) is 43.2 Å². The molecule has 0 spiro atoms. The van der Waals surface area contributed by atoms with Crippen LogP contribution in [0.4, 0.5) is 11.4 Å². The number of nitrogens with two attached hydrogens (primary N) is 2. The zero-order valence-corrected chi connectivity index (χ0v) is 14.9. The molecule has 0 amide bonds. The highest BCUT2D eigenvalue weighted by Crippen LogP contribution is 2.66. The minimum absolute atomic E-state index is 0.0555. The molecule has 0 aromatic heterocycles. The Kier molecular flexibility index (Phi) is 3.25. The third kappa shape index (κ3) is 2.14. The zero-order valence-electron chi connectivity index (χ0n) is 14.9. The van der Waals surface area contributed by atoms with Crippen molar-refractivity contribution in [2.24, 2.45) is 17.8 Å². The summed E-state index contributed by atoms with van der Waals surface area (Å²) in [7, 11) is 0. The molecule has 0 heterocycles. The fourth-order valence-corrected chi connectivity index (χ4v) is 6.68. The van der Waals surface area contributed by atoms with Gasteiger partial charge in [0.05, 0.1) is 11.4 Å². The summed E-state index contributed by atoms with van der Waals surface area (Å²) in [4.78, 5) is 0. The number of aromatic hydroxyl groups is 2. The van der Waals surface area contributed by atoms with Crippen LogP contribution in [0.5, 0.6) is 11.5 Å². The molecule has 4 aliphatic carbocycles. The van der Waals surface area contributed by atoms with Crippen molar-refractivity contribution in [1.82, 2.24) is 0 Å². The van der Waals surface area contributed by atoms with Crippen LogP contribution in [0.1, 0.15) is 49.1 Å². The van der Waals surface area contributed by atoms with Crippen molar-refractivity contribution in [2.45, 2.75) is 43.4 Å². The number of hydrogen-bond acceptors (Lipinski definition) is 4. The van der Waals surface area contributed by atoms with Crippen LogP contribution in [0.25, 0.3) is 0 Å². The Balaban J connectivity index is 1.68. The molecule has 4 aliphatic rings. The van der Waals surface area contributed by atoms with E-state index in [4.69, 9.17) is 11.5 Å². The van der Waals surface area contributed by atoms with Crippen molar-refractivity contribution < 1.29 is 10.2 Å². The van der Waals surface area contributed by atoms with E-state index >= 15 is 0 Å². The molecule has 4 heteroatoms. The predicted octanol–water partition coefficient (Wildman–Crippen LogP) is 4.12. The summed E-state index contributed by atoms with van der Waals surface area (Å²) in [5.41, 5.74) is 15.6. The third-order valence-electron chi connectivity index (χ3n) is 7.32. The maximum atomic E-state index is 9.91. The molecular weight excluding hydrogens is 324 g/mol. The van der Waals surface area contributed by atoms with Gasteiger partial charge in [0.2, 0.25) is 0 Å². The molecule has 6 rings (SSSR count). The smallest absolute Gasteiger partial charge is 0.138 e. The van der Waals surface area contributed by atoms with Crippen LogP contribution in [-0.2, 0) is 5.41 Å². The molecule has 136 valence electrons. The lowest BCUT2D eigenvalue weighted by Crippen LogP contribution is -2.53. The Morgan fingerprint density at radius 2 is 1.42 bits per heavy atom. The van der Waals surface area contributed by atoms with Gasteiger partial charge in [-0.15, -0.1) is 0 Å². The van der Waals surface area contributed by atoms with Gasteiger partial charge in [-0.2, -0.15) is 0 Å². The molecule has 26 heavy (non-hydrogen) atoms. The van der Waals surface area contributed by atoms with E-state index in [0.29, 0.717) is 23.2 Å². The first-order chi connectivity index (χ1) is 12.5. The van der Waals surface area contributed by atoms with E-state index in [0.717, 1.165) is 11.8 Å². The molecule has 6 N–H and O–H groups in total. The monoisotopic (exact) mass is 350 g/mol. The summed E-state index contributed by atoms with van der Waals surface area (Å²) in [5, 5.41) is 19.8. The number of anilines is 2. The van der Waals surface area contributed by atoms with Gasteiger partial charge in [-0.25, -0.2) is 0 Å². The molecular formula is C22H26N2O2. The van der Waals surface area contributed by atoms with E-state index < -0.39 is 0 Å². The lowest BCUT2D eigenvalue weighted by molar-refractivity contribution is -0.0280. The van der Waals surface area contributed by atoms with Crippen LogP contribution in [0.2, 0.25) is 0 Å². The summed E-state index contributed by atoms with van der Waals surface area (Å²) in [5.74, 6) is 2.92. The van der Waals surface area contributed by atoms with Crippen LogP contribution in [-0.4, -0.2) is 10.2 Å². The summed E-state index contributed by atoms with van der Waals surface area (Å²) in [6, 6.07) is 11.5. The van der Waals surface area contributed by atoms with E-state index in [1.54, 1.807) is 12.1 Å². The summed E-state index contributed by atoms with van der Waals surface area (Å²) in [6.07, 6.45) is 6.29. The minimum Gasteiger partial charge on any atom is -0.506 e. The van der Waals surface area contributed by atoms with Crippen molar-refractivity contribution in [2.75, 3.05) is 11.5 Å². The topological polar surface area (TPSA) is 92.5 Å². The van der Waals surface area contributed by atoms with Crippen molar-refractivity contribution in [1.29, 1.82) is 0 Å². The Morgan fingerprint density at radius 1 is 0.808 bits per heavy atom. The van der Waals surface area contributed by atoms with Crippen LogP contribution in [0.15, 0.2) is 36.4 Å². The number of phenolic OH excluding ortho intramolecular Hbond substituents is 2. The first-order valence-electron chi connectivity index (χ1n) is 9.63. The normalized spacial score (nSPS) is 34.9. The fraction of sp³-hybridized carbons (Fsp3) is 0.455. The van der Waals surface area contributed by atoms with Crippen molar-refractivity contribution in [3.63, 3.8) is 0 Å². The second-order valence-electron chi connectivity index (χ2n) is 8.83. The Hall–Kier alpha value is -2.36. The standard InChI is InChI=1S/C22H26N2O2/c23-17-8-14(1-3-19(17)25)21-15-6-12-5-13(7-15)11-22(21,10-12)16-2-4-20(26)18(24)9-16/h1-4,8-9,12-13,15,21,25-26H,5-7,10-11,23-24H2. The van der Waals surface area contributed by atoms with Gasteiger partial charge in [0.1, 0.15) is 11.5 Å². The highest BCUT2D eigenvalue weighted by Gasteiger charge is 2.58. The first-order valence-corrected chi connectivity index (χ1v) is 9.63. The summed E-state index contributed by atoms with van der Waals surface area (Å²) in [6.45, 7) is 0. The zero-order chi connectivity index (χ0) is 18.1. The molecule has 0 aliphatic heterocycles. The van der Waals surface area contributed by atoms with Gasteiger partial charge < -0.3 is 21.7 Å². The summed E-state index contributed by atoms with van der Waals surface area (Å²) < 4.78 is 0. The first kappa shape index (κ1) is 15.9. The van der Waals surface area contributed by atoms with E-state index in [1.807, 2.05) is 18.2 Å². The molecule has 0 radical (unpaired) electrons. The Labute approximate surface area is 153 Å². The van der Waals surface area contributed by atoms with E-state index in [2.05, 4.69) is 6.07 Å². The fourth-order valence-electron chi connectivity index (χ4n) is 6.68. The number of rotatable bonds is 2. The van der Waals surface area contributed by atoms with Gasteiger partial charge in [-0.1, -0.05) is 12.1 Å². The van der Waals surface area contributed by atoms with Gasteiger partial charge in [-0.05, 0) is 91.2 Å². The van der Waals surface area contributed by atoms with Gasteiger partial charge in [-0.3, -0.25) is 0 Å². The largest absolute Gasteiger partial charge is 0.506 e. The average Bonchev–Trinajstić information content (AvgIpc) is 2.59. The van der Waals surface area contributed by atoms with Crippen molar-refractivity contribution in [3.8, 4) is 11.5 Å². The molecule has 4 fully saturated rings. The van der Waals surface area contributed by atoms with Crippen LogP contribution < -0.4 is 11.5 Å². The molecule has 2 aromatic rings. The SMILES string of the molecule is Nc1cc(C2C3CC4CC(C3)CC2(c2ccc(O)c(N)c2)C4)ccc1O. The number of nitrogen functional groups attached to an aromatic ring is 2. The van der Waals surface area contributed by atoms with Gasteiger partial charge >= 0.3 is 0 Å². The Morgan fingerprint density at radius 3 is 2.04 bits per heavy atom. The van der Waals surface area contributed by atoms with Gasteiger partial charge in [0, 0.05) is 5.41 Å². The molecule has 2 aromatic carbocycles. The number of phenols is 2. The lowest BCUT2D eigenvalue weighted by Gasteiger charge is -2.62. The van der Waals surface area contributed by atoms with Gasteiger partial charge in [0.25, 0.3) is 0 Å². The third-order valence-corrected chi connectivity index (χ3v) is 7.32. The quantitative estimate of drug-likeness (QED) is 0.484. The highest BCUT2D eigenvalue weighted by atomic mass is 16.3. The van der Waals surface area contributed by atoms with Crippen molar-refractivity contribution in [3.05, 3.63) is 47.5 Å². The highest BCUT2D eigenvalue weighted by molar-refractivity contribution is 5.58. The maximum absolute atomic E-state index is 9.91. The van der Waals surface area contributed by atoms with Gasteiger partial charge in [0.15, 0.2) is 0 Å². The van der Waals surface area contributed by atoms with Crippen molar-refractivity contribution >= 4 is 11.4 Å².